The fourth-order valence-corrected chi connectivity index (χ4v) is 3.80. The van der Waals surface area contributed by atoms with Gasteiger partial charge in [-0.1, -0.05) is 36.4 Å². The van der Waals surface area contributed by atoms with Gasteiger partial charge in [-0.2, -0.15) is 0 Å². The summed E-state index contributed by atoms with van der Waals surface area (Å²) in [6.45, 7) is 1.09. The lowest BCUT2D eigenvalue weighted by Gasteiger charge is -2.35. The van der Waals surface area contributed by atoms with Gasteiger partial charge in [0.25, 0.3) is 0 Å². The highest BCUT2D eigenvalue weighted by atomic mass is 16.7. The minimum atomic E-state index is -0.0499. The molecule has 4 rings (SSSR count). The highest BCUT2D eigenvalue weighted by molar-refractivity contribution is 5.94. The molecule has 1 atom stereocenters. The largest absolute Gasteiger partial charge is 0.492 e. The molecule has 140 valence electrons. The Labute approximate surface area is 159 Å². The molecule has 0 radical (unpaired) electrons. The number of ether oxygens (including phenoxy) is 3. The van der Waals surface area contributed by atoms with Gasteiger partial charge in [-0.25, -0.2) is 0 Å². The standard InChI is InChI=1S/C22H23NO4/c1-23-11-10-16-12-19-21(27-14-26-19)22(25-2)20(16)18(23)13-17(24)9-8-15-6-4-3-5-7-15/h3-9,12,18H,10-11,13-14H2,1-2H3. The molecule has 2 aromatic rings. The van der Waals surface area contributed by atoms with E-state index in [1.54, 1.807) is 13.2 Å². The average molecular weight is 365 g/mol. The third kappa shape index (κ3) is 3.43. The molecule has 0 N–H and O–H groups in total. The molecule has 5 heteroatoms. The van der Waals surface area contributed by atoms with Crippen molar-refractivity contribution in [2.75, 3.05) is 27.5 Å². The molecule has 0 saturated heterocycles. The Balaban J connectivity index is 1.62. The number of allylic oxidation sites excluding steroid dienone is 1. The number of rotatable bonds is 5. The van der Waals surface area contributed by atoms with Crippen LogP contribution in [0.3, 0.4) is 0 Å². The molecule has 2 aliphatic rings. The zero-order chi connectivity index (χ0) is 18.8. The molecule has 2 aliphatic heterocycles. The fourth-order valence-electron chi connectivity index (χ4n) is 3.80. The summed E-state index contributed by atoms with van der Waals surface area (Å²) >= 11 is 0. The summed E-state index contributed by atoms with van der Waals surface area (Å²) < 4.78 is 16.8. The van der Waals surface area contributed by atoms with Crippen molar-refractivity contribution in [3.8, 4) is 17.2 Å². The van der Waals surface area contributed by atoms with Crippen LogP contribution in [0.2, 0.25) is 0 Å². The Morgan fingerprint density at radius 3 is 2.89 bits per heavy atom. The normalized spacial score (nSPS) is 18.5. The van der Waals surface area contributed by atoms with Crippen molar-refractivity contribution >= 4 is 11.9 Å². The lowest BCUT2D eigenvalue weighted by molar-refractivity contribution is -0.115. The molecular formula is C22H23NO4. The third-order valence-corrected chi connectivity index (χ3v) is 5.20. The van der Waals surface area contributed by atoms with E-state index < -0.39 is 0 Å². The van der Waals surface area contributed by atoms with E-state index in [1.165, 1.54) is 5.56 Å². The molecular weight excluding hydrogens is 342 g/mol. The summed E-state index contributed by atoms with van der Waals surface area (Å²) in [5.41, 5.74) is 3.22. The van der Waals surface area contributed by atoms with Crippen LogP contribution in [0.25, 0.3) is 6.08 Å². The van der Waals surface area contributed by atoms with Crippen molar-refractivity contribution in [3.05, 3.63) is 59.2 Å². The number of hydrogen-bond acceptors (Lipinski definition) is 5. The lowest BCUT2D eigenvalue weighted by atomic mass is 9.88. The second-order valence-corrected chi connectivity index (χ2v) is 6.88. The predicted octanol–water partition coefficient (Wildman–Crippen LogP) is 3.63. The molecule has 2 heterocycles. The Hall–Kier alpha value is -2.79. The van der Waals surface area contributed by atoms with E-state index in [4.69, 9.17) is 14.2 Å². The van der Waals surface area contributed by atoms with E-state index in [0.29, 0.717) is 17.9 Å². The van der Waals surface area contributed by atoms with Gasteiger partial charge in [0, 0.05) is 24.6 Å². The molecule has 0 bridgehead atoms. The van der Waals surface area contributed by atoms with Gasteiger partial charge in [0.2, 0.25) is 12.5 Å². The summed E-state index contributed by atoms with van der Waals surface area (Å²) in [7, 11) is 3.69. The molecule has 0 spiro atoms. The fraction of sp³-hybridized carbons (Fsp3) is 0.318. The SMILES string of the molecule is COc1c2c(cc3c1C(CC(=O)C=Cc1ccccc1)N(C)CC3)OCO2. The Morgan fingerprint density at radius 2 is 2.11 bits per heavy atom. The van der Waals surface area contributed by atoms with Gasteiger partial charge < -0.3 is 14.2 Å². The van der Waals surface area contributed by atoms with Crippen molar-refractivity contribution in [1.82, 2.24) is 4.90 Å². The molecule has 1 unspecified atom stereocenters. The quantitative estimate of drug-likeness (QED) is 0.758. The number of likely N-dealkylation sites (N-methyl/N-ethyl adjacent to an activating group) is 1. The van der Waals surface area contributed by atoms with Crippen molar-refractivity contribution in [2.24, 2.45) is 0 Å². The number of carbonyl (C=O) groups is 1. The van der Waals surface area contributed by atoms with Gasteiger partial charge in [0.15, 0.2) is 17.3 Å². The maximum atomic E-state index is 12.7. The van der Waals surface area contributed by atoms with E-state index in [9.17, 15) is 4.79 Å². The summed E-state index contributed by atoms with van der Waals surface area (Å²) in [5.74, 6) is 2.15. The number of methoxy groups -OCH3 is 1. The zero-order valence-electron chi connectivity index (χ0n) is 15.6. The van der Waals surface area contributed by atoms with E-state index in [0.717, 1.165) is 29.8 Å². The first-order valence-corrected chi connectivity index (χ1v) is 9.13. The first kappa shape index (κ1) is 17.6. The number of nitrogens with zero attached hydrogens (tertiary/aromatic N) is 1. The summed E-state index contributed by atoms with van der Waals surface area (Å²) in [6, 6.07) is 11.8. The van der Waals surface area contributed by atoms with Crippen molar-refractivity contribution < 1.29 is 19.0 Å². The molecule has 0 saturated carbocycles. The predicted molar refractivity (Wildman–Crippen MR) is 103 cm³/mol. The van der Waals surface area contributed by atoms with Crippen LogP contribution in [0.15, 0.2) is 42.5 Å². The monoisotopic (exact) mass is 365 g/mol. The molecule has 0 aromatic heterocycles. The molecule has 27 heavy (non-hydrogen) atoms. The van der Waals surface area contributed by atoms with Crippen LogP contribution in [0.1, 0.15) is 29.2 Å². The first-order valence-electron chi connectivity index (χ1n) is 9.13. The Bertz CT molecular complexity index is 876. The van der Waals surface area contributed by atoms with Crippen LogP contribution >= 0.6 is 0 Å². The third-order valence-electron chi connectivity index (χ3n) is 5.20. The smallest absolute Gasteiger partial charge is 0.231 e. The van der Waals surface area contributed by atoms with E-state index >= 15 is 0 Å². The minimum absolute atomic E-state index is 0.0499. The van der Waals surface area contributed by atoms with Crippen molar-refractivity contribution in [1.29, 1.82) is 0 Å². The van der Waals surface area contributed by atoms with E-state index in [-0.39, 0.29) is 18.6 Å². The first-order chi connectivity index (χ1) is 13.2. The van der Waals surface area contributed by atoms with Crippen molar-refractivity contribution in [3.63, 3.8) is 0 Å². The van der Waals surface area contributed by atoms with Gasteiger partial charge in [-0.05, 0) is 36.7 Å². The highest BCUT2D eigenvalue weighted by Gasteiger charge is 2.34. The highest BCUT2D eigenvalue weighted by Crippen LogP contribution is 2.50. The van der Waals surface area contributed by atoms with E-state index in [1.807, 2.05) is 49.5 Å². The van der Waals surface area contributed by atoms with E-state index in [2.05, 4.69) is 4.90 Å². The molecule has 5 nitrogen and oxygen atoms in total. The number of carbonyl (C=O) groups excluding carboxylic acids is 1. The van der Waals surface area contributed by atoms with Crippen LogP contribution in [0, 0.1) is 0 Å². The van der Waals surface area contributed by atoms with Gasteiger partial charge in [-0.3, -0.25) is 9.69 Å². The number of hydrogen-bond donors (Lipinski definition) is 0. The summed E-state index contributed by atoms with van der Waals surface area (Å²) in [5, 5.41) is 0. The minimum Gasteiger partial charge on any atom is -0.492 e. The van der Waals surface area contributed by atoms with Crippen LogP contribution in [0.5, 0.6) is 17.2 Å². The molecule has 0 fully saturated rings. The van der Waals surface area contributed by atoms with Crippen LogP contribution in [-0.4, -0.2) is 38.2 Å². The summed E-state index contributed by atoms with van der Waals surface area (Å²) in [4.78, 5) is 14.9. The van der Waals surface area contributed by atoms with Gasteiger partial charge in [0.05, 0.1) is 7.11 Å². The molecule has 0 amide bonds. The molecule has 0 aliphatic carbocycles. The maximum absolute atomic E-state index is 12.7. The second-order valence-electron chi connectivity index (χ2n) is 6.88. The topological polar surface area (TPSA) is 48.0 Å². The van der Waals surface area contributed by atoms with Crippen LogP contribution < -0.4 is 14.2 Å². The number of ketones is 1. The van der Waals surface area contributed by atoms with Crippen LogP contribution in [0.4, 0.5) is 0 Å². The van der Waals surface area contributed by atoms with Gasteiger partial charge in [0.1, 0.15) is 0 Å². The Kier molecular flexibility index (Phi) is 4.86. The second kappa shape index (κ2) is 7.45. The maximum Gasteiger partial charge on any atom is 0.231 e. The number of benzene rings is 2. The van der Waals surface area contributed by atoms with Crippen molar-refractivity contribution in [2.45, 2.75) is 18.9 Å². The van der Waals surface area contributed by atoms with Gasteiger partial charge >= 0.3 is 0 Å². The van der Waals surface area contributed by atoms with Crippen LogP contribution in [-0.2, 0) is 11.2 Å². The Morgan fingerprint density at radius 1 is 1.30 bits per heavy atom. The average Bonchev–Trinajstić information content (AvgIpc) is 3.16. The molecule has 2 aromatic carbocycles. The summed E-state index contributed by atoms with van der Waals surface area (Å²) in [6.07, 6.45) is 4.81. The van der Waals surface area contributed by atoms with Gasteiger partial charge in [-0.15, -0.1) is 0 Å². The number of fused-ring (bicyclic) bond motifs is 2. The lowest BCUT2D eigenvalue weighted by Crippen LogP contribution is -2.33. The zero-order valence-corrected chi connectivity index (χ0v) is 15.6.